The summed E-state index contributed by atoms with van der Waals surface area (Å²) in [5.74, 6) is 0.108. The zero-order chi connectivity index (χ0) is 23.7. The Hall–Kier alpha value is -3.12. The van der Waals surface area contributed by atoms with E-state index in [0.29, 0.717) is 11.6 Å². The molecular formula is C28H28FN3OS. The van der Waals surface area contributed by atoms with Gasteiger partial charge in [0.25, 0.3) is 5.91 Å². The number of para-hydroxylation sites is 1. The third-order valence-corrected chi connectivity index (χ3v) is 7.87. The van der Waals surface area contributed by atoms with Crippen LogP contribution in [0.4, 0.5) is 4.39 Å². The molecule has 4 aromatic rings. The van der Waals surface area contributed by atoms with Crippen molar-refractivity contribution in [3.63, 3.8) is 0 Å². The van der Waals surface area contributed by atoms with Gasteiger partial charge in [0.05, 0.1) is 15.4 Å². The zero-order valence-corrected chi connectivity index (χ0v) is 20.3. The summed E-state index contributed by atoms with van der Waals surface area (Å²) in [6.07, 6.45) is 5.70. The topological polar surface area (TPSA) is 46.1 Å². The molecule has 174 valence electrons. The number of fused-ring (bicyclic) bond motifs is 1. The lowest BCUT2D eigenvalue weighted by Gasteiger charge is -2.40. The van der Waals surface area contributed by atoms with Crippen LogP contribution in [-0.4, -0.2) is 33.4 Å². The van der Waals surface area contributed by atoms with Crippen molar-refractivity contribution in [3.05, 3.63) is 82.9 Å². The summed E-state index contributed by atoms with van der Waals surface area (Å²) in [7, 11) is 0. The lowest BCUT2D eigenvalue weighted by molar-refractivity contribution is 0.0495. The second kappa shape index (κ2) is 9.63. The van der Waals surface area contributed by atoms with Gasteiger partial charge in [0, 0.05) is 24.2 Å². The molecule has 0 bridgehead atoms. The van der Waals surface area contributed by atoms with Crippen LogP contribution in [-0.2, 0) is 6.42 Å². The lowest BCUT2D eigenvalue weighted by atomic mass is 9.86. The Balaban J connectivity index is 1.42. The average molecular weight is 474 g/mol. The van der Waals surface area contributed by atoms with E-state index in [2.05, 4.69) is 41.2 Å². The molecule has 1 amide bonds. The van der Waals surface area contributed by atoms with E-state index in [1.54, 1.807) is 12.1 Å². The van der Waals surface area contributed by atoms with E-state index in [4.69, 9.17) is 0 Å². The number of thiazole rings is 1. The van der Waals surface area contributed by atoms with E-state index in [1.807, 2.05) is 24.1 Å². The minimum atomic E-state index is -0.286. The number of nitrogens with zero attached hydrogens (tertiary/aromatic N) is 3. The van der Waals surface area contributed by atoms with Gasteiger partial charge < -0.3 is 4.90 Å². The highest BCUT2D eigenvalue weighted by Gasteiger charge is 2.34. The Labute approximate surface area is 203 Å². The van der Waals surface area contributed by atoms with Crippen molar-refractivity contribution in [2.75, 3.05) is 6.54 Å². The van der Waals surface area contributed by atoms with E-state index in [9.17, 15) is 9.18 Å². The highest BCUT2D eigenvalue weighted by Crippen LogP contribution is 2.34. The van der Waals surface area contributed by atoms with Crippen molar-refractivity contribution in [3.8, 4) is 10.4 Å². The van der Waals surface area contributed by atoms with Crippen LogP contribution in [0.2, 0.25) is 0 Å². The van der Waals surface area contributed by atoms with E-state index < -0.39 is 0 Å². The largest absolute Gasteiger partial charge is 0.334 e. The first kappa shape index (κ1) is 22.7. The first-order valence-corrected chi connectivity index (χ1v) is 12.7. The standard InChI is InChI=1S/C28H28FN3OS/c1-18-6-5-17-32(24(18)15-12-21-8-3-7-20-9-4-16-30-25(20)21)28(33)26-27(34-19(2)31-26)22-10-13-23(29)14-11-22/h3-4,7-11,13-14,16,18,24H,5-6,12,15,17H2,1-2H3/t18-,24-/m1/s1. The van der Waals surface area contributed by atoms with Gasteiger partial charge in [0.2, 0.25) is 0 Å². The minimum Gasteiger partial charge on any atom is -0.334 e. The summed E-state index contributed by atoms with van der Waals surface area (Å²) in [6.45, 7) is 4.90. The van der Waals surface area contributed by atoms with Crippen molar-refractivity contribution in [2.24, 2.45) is 5.92 Å². The third kappa shape index (κ3) is 4.47. The Morgan fingerprint density at radius 3 is 2.76 bits per heavy atom. The Bertz CT molecular complexity index is 1310. The molecule has 0 radical (unpaired) electrons. The number of aromatic nitrogens is 2. The molecule has 1 aliphatic heterocycles. The number of hydrogen-bond acceptors (Lipinski definition) is 4. The number of pyridine rings is 1. The number of carbonyl (C=O) groups excluding carboxylic acids is 1. The molecule has 1 fully saturated rings. The molecule has 0 N–H and O–H groups in total. The van der Waals surface area contributed by atoms with E-state index in [1.165, 1.54) is 29.0 Å². The number of likely N-dealkylation sites (tertiary alicyclic amines) is 1. The number of carbonyl (C=O) groups is 1. The summed E-state index contributed by atoms with van der Waals surface area (Å²) in [5.41, 5.74) is 3.58. The summed E-state index contributed by atoms with van der Waals surface area (Å²) >= 11 is 1.49. The maximum atomic E-state index is 13.8. The van der Waals surface area contributed by atoms with Gasteiger partial charge in [0.1, 0.15) is 11.5 Å². The lowest BCUT2D eigenvalue weighted by Crippen LogP contribution is -2.48. The zero-order valence-electron chi connectivity index (χ0n) is 19.5. The molecule has 5 rings (SSSR count). The fourth-order valence-electron chi connectivity index (χ4n) is 5.12. The minimum absolute atomic E-state index is 0.0173. The number of piperidine rings is 1. The number of hydrogen-bond donors (Lipinski definition) is 0. The summed E-state index contributed by atoms with van der Waals surface area (Å²) in [6, 6.07) is 16.8. The predicted octanol–water partition coefficient (Wildman–Crippen LogP) is 6.68. The first-order chi connectivity index (χ1) is 16.5. The Kier molecular flexibility index (Phi) is 6.42. The third-order valence-electron chi connectivity index (χ3n) is 6.85. The first-order valence-electron chi connectivity index (χ1n) is 11.9. The van der Waals surface area contributed by atoms with Crippen LogP contribution in [0.5, 0.6) is 0 Å². The maximum Gasteiger partial charge on any atom is 0.274 e. The predicted molar refractivity (Wildman–Crippen MR) is 136 cm³/mol. The van der Waals surface area contributed by atoms with E-state index in [0.717, 1.165) is 58.6 Å². The van der Waals surface area contributed by atoms with Crippen LogP contribution in [0, 0.1) is 18.7 Å². The van der Waals surface area contributed by atoms with Gasteiger partial charge in [-0.15, -0.1) is 11.3 Å². The van der Waals surface area contributed by atoms with Gasteiger partial charge in [-0.1, -0.05) is 43.3 Å². The van der Waals surface area contributed by atoms with Crippen LogP contribution in [0.25, 0.3) is 21.3 Å². The second-order valence-electron chi connectivity index (χ2n) is 9.13. The van der Waals surface area contributed by atoms with Gasteiger partial charge in [-0.3, -0.25) is 9.78 Å². The number of amides is 1. The Morgan fingerprint density at radius 1 is 1.15 bits per heavy atom. The molecule has 0 unspecified atom stereocenters. The van der Waals surface area contributed by atoms with Gasteiger partial charge in [-0.2, -0.15) is 0 Å². The number of aryl methyl sites for hydroxylation is 2. The molecule has 4 nitrogen and oxygen atoms in total. The molecular weight excluding hydrogens is 445 g/mol. The highest BCUT2D eigenvalue weighted by atomic mass is 32.1. The summed E-state index contributed by atoms with van der Waals surface area (Å²) in [4.78, 5) is 25.9. The van der Waals surface area contributed by atoms with Gasteiger partial charge in [-0.25, -0.2) is 9.37 Å². The molecule has 0 saturated carbocycles. The van der Waals surface area contributed by atoms with Crippen LogP contribution >= 0.6 is 11.3 Å². The Morgan fingerprint density at radius 2 is 1.94 bits per heavy atom. The molecule has 2 aromatic heterocycles. The quantitative estimate of drug-likeness (QED) is 0.325. The van der Waals surface area contributed by atoms with Crippen LogP contribution in [0.15, 0.2) is 60.8 Å². The van der Waals surface area contributed by atoms with Gasteiger partial charge in [0.15, 0.2) is 0 Å². The monoisotopic (exact) mass is 473 g/mol. The SMILES string of the molecule is Cc1nc(C(=O)N2CCC[C@@H](C)[C@H]2CCc2cccc3cccnc23)c(-c2ccc(F)cc2)s1. The van der Waals surface area contributed by atoms with Crippen molar-refractivity contribution >= 4 is 28.1 Å². The molecule has 0 aliphatic carbocycles. The number of halogens is 1. The molecule has 2 atom stereocenters. The molecule has 2 aromatic carbocycles. The van der Waals surface area contributed by atoms with Crippen LogP contribution in [0.1, 0.15) is 47.2 Å². The molecule has 6 heteroatoms. The molecule has 3 heterocycles. The smallest absolute Gasteiger partial charge is 0.274 e. The van der Waals surface area contributed by atoms with Crippen molar-refractivity contribution in [2.45, 2.75) is 45.6 Å². The fraction of sp³-hybridized carbons (Fsp3) is 0.321. The van der Waals surface area contributed by atoms with Crippen molar-refractivity contribution < 1.29 is 9.18 Å². The van der Waals surface area contributed by atoms with Crippen LogP contribution < -0.4 is 0 Å². The van der Waals surface area contributed by atoms with Gasteiger partial charge in [-0.05, 0) is 67.9 Å². The van der Waals surface area contributed by atoms with Crippen molar-refractivity contribution in [1.82, 2.24) is 14.9 Å². The fourth-order valence-corrected chi connectivity index (χ4v) is 6.03. The van der Waals surface area contributed by atoms with Crippen LogP contribution in [0.3, 0.4) is 0 Å². The molecule has 0 spiro atoms. The maximum absolute atomic E-state index is 13.8. The number of benzene rings is 2. The highest BCUT2D eigenvalue weighted by molar-refractivity contribution is 7.15. The van der Waals surface area contributed by atoms with Crippen molar-refractivity contribution in [1.29, 1.82) is 0 Å². The molecule has 1 aliphatic rings. The normalized spacial score (nSPS) is 18.4. The van der Waals surface area contributed by atoms with E-state index >= 15 is 0 Å². The van der Waals surface area contributed by atoms with Gasteiger partial charge >= 0.3 is 0 Å². The average Bonchev–Trinajstić information content (AvgIpc) is 3.24. The second-order valence-corrected chi connectivity index (χ2v) is 10.3. The number of rotatable bonds is 5. The summed E-state index contributed by atoms with van der Waals surface area (Å²) < 4.78 is 13.5. The molecule has 34 heavy (non-hydrogen) atoms. The summed E-state index contributed by atoms with van der Waals surface area (Å²) in [5, 5.41) is 1.98. The van der Waals surface area contributed by atoms with E-state index in [-0.39, 0.29) is 17.8 Å². The molecule has 1 saturated heterocycles.